The van der Waals surface area contributed by atoms with E-state index in [2.05, 4.69) is 0 Å². The maximum Gasteiger partial charge on any atom is 0.127 e. The van der Waals surface area contributed by atoms with Crippen molar-refractivity contribution in [1.82, 2.24) is 0 Å². The average Bonchev–Trinajstić information content (AvgIpc) is 2.34. The Hall–Kier alpha value is -1.67. The molecule has 94 valence electrons. The van der Waals surface area contributed by atoms with Gasteiger partial charge in [0.05, 0.1) is 6.10 Å². The molecule has 2 aromatic carbocycles. The van der Waals surface area contributed by atoms with Crippen molar-refractivity contribution in [2.45, 2.75) is 20.0 Å². The third-order valence-electron chi connectivity index (χ3n) is 2.24. The Morgan fingerprint density at radius 1 is 0.778 bits per heavy atom. The highest BCUT2D eigenvalue weighted by atomic mass is 35.5. The fourth-order valence-electron chi connectivity index (χ4n) is 1.50. The molecular formula is C15H15ClO2. The van der Waals surface area contributed by atoms with Gasteiger partial charge in [-0.2, -0.15) is 0 Å². The van der Waals surface area contributed by atoms with Gasteiger partial charge in [-0.3, -0.25) is 0 Å². The summed E-state index contributed by atoms with van der Waals surface area (Å²) < 4.78 is 11.2. The van der Waals surface area contributed by atoms with E-state index in [9.17, 15) is 0 Å². The molecule has 0 aliphatic rings. The molecule has 18 heavy (non-hydrogen) atoms. The molecule has 0 saturated heterocycles. The van der Waals surface area contributed by atoms with Crippen LogP contribution in [-0.4, -0.2) is 6.10 Å². The third kappa shape index (κ3) is 3.67. The van der Waals surface area contributed by atoms with Gasteiger partial charge in [-0.1, -0.05) is 11.6 Å². The van der Waals surface area contributed by atoms with Crippen molar-refractivity contribution in [1.29, 1.82) is 0 Å². The molecule has 0 amide bonds. The molecule has 0 atom stereocenters. The summed E-state index contributed by atoms with van der Waals surface area (Å²) in [5.41, 5.74) is 0. The standard InChI is InChI=1S/C15H15ClO2/c1-11(2)17-13-7-9-15(10-8-13)18-14-5-3-12(16)4-6-14/h3-11H,1-2H3. The zero-order chi connectivity index (χ0) is 13.0. The fourth-order valence-corrected chi connectivity index (χ4v) is 1.62. The van der Waals surface area contributed by atoms with Crippen LogP contribution in [0.5, 0.6) is 17.2 Å². The predicted octanol–water partition coefficient (Wildman–Crippen LogP) is 4.92. The van der Waals surface area contributed by atoms with E-state index >= 15 is 0 Å². The number of halogens is 1. The maximum atomic E-state index is 5.81. The molecule has 2 aromatic rings. The summed E-state index contributed by atoms with van der Waals surface area (Å²) in [5.74, 6) is 2.37. The lowest BCUT2D eigenvalue weighted by atomic mass is 10.3. The molecule has 0 spiro atoms. The van der Waals surface area contributed by atoms with Crippen LogP contribution in [0, 0.1) is 0 Å². The van der Waals surface area contributed by atoms with Crippen molar-refractivity contribution >= 4 is 11.6 Å². The molecule has 0 heterocycles. The first-order valence-corrected chi connectivity index (χ1v) is 6.21. The van der Waals surface area contributed by atoms with Gasteiger partial charge in [0.25, 0.3) is 0 Å². The van der Waals surface area contributed by atoms with E-state index < -0.39 is 0 Å². The van der Waals surface area contributed by atoms with Gasteiger partial charge in [0.1, 0.15) is 17.2 Å². The Bertz CT molecular complexity index is 489. The molecule has 0 aromatic heterocycles. The van der Waals surface area contributed by atoms with Gasteiger partial charge in [-0.25, -0.2) is 0 Å². The zero-order valence-electron chi connectivity index (χ0n) is 10.4. The minimum Gasteiger partial charge on any atom is -0.491 e. The molecular weight excluding hydrogens is 248 g/mol. The normalized spacial score (nSPS) is 10.4. The second-order valence-corrected chi connectivity index (χ2v) is 4.63. The first-order chi connectivity index (χ1) is 8.63. The van der Waals surface area contributed by atoms with Crippen LogP contribution in [0.1, 0.15) is 13.8 Å². The number of hydrogen-bond donors (Lipinski definition) is 0. The maximum absolute atomic E-state index is 5.81. The van der Waals surface area contributed by atoms with Crippen molar-refractivity contribution in [3.63, 3.8) is 0 Å². The predicted molar refractivity (Wildman–Crippen MR) is 73.7 cm³/mol. The van der Waals surface area contributed by atoms with Crippen LogP contribution in [-0.2, 0) is 0 Å². The SMILES string of the molecule is CC(C)Oc1ccc(Oc2ccc(Cl)cc2)cc1. The van der Waals surface area contributed by atoms with Crippen LogP contribution in [0.4, 0.5) is 0 Å². The molecule has 0 aliphatic heterocycles. The Labute approximate surface area is 112 Å². The first-order valence-electron chi connectivity index (χ1n) is 5.83. The van der Waals surface area contributed by atoms with Crippen molar-refractivity contribution in [2.24, 2.45) is 0 Å². The second kappa shape index (κ2) is 5.78. The summed E-state index contributed by atoms with van der Waals surface area (Å²) in [6.45, 7) is 4.00. The molecule has 0 radical (unpaired) electrons. The van der Waals surface area contributed by atoms with Crippen LogP contribution in [0.2, 0.25) is 5.02 Å². The fraction of sp³-hybridized carbons (Fsp3) is 0.200. The van der Waals surface area contributed by atoms with Crippen LogP contribution in [0.15, 0.2) is 48.5 Å². The molecule has 0 bridgehead atoms. The molecule has 0 fully saturated rings. The van der Waals surface area contributed by atoms with Crippen LogP contribution < -0.4 is 9.47 Å². The Morgan fingerprint density at radius 3 is 1.72 bits per heavy atom. The number of hydrogen-bond acceptors (Lipinski definition) is 2. The van der Waals surface area contributed by atoms with Gasteiger partial charge in [0.15, 0.2) is 0 Å². The monoisotopic (exact) mass is 262 g/mol. The summed E-state index contributed by atoms with van der Waals surface area (Å²) in [7, 11) is 0. The van der Waals surface area contributed by atoms with Gasteiger partial charge in [0.2, 0.25) is 0 Å². The first kappa shape index (κ1) is 12.8. The van der Waals surface area contributed by atoms with E-state index in [1.165, 1.54) is 0 Å². The lowest BCUT2D eigenvalue weighted by molar-refractivity contribution is 0.242. The summed E-state index contributed by atoms with van der Waals surface area (Å²) in [6.07, 6.45) is 0.174. The van der Waals surface area contributed by atoms with E-state index in [1.807, 2.05) is 50.2 Å². The minimum atomic E-state index is 0.174. The third-order valence-corrected chi connectivity index (χ3v) is 2.50. The second-order valence-electron chi connectivity index (χ2n) is 4.19. The van der Waals surface area contributed by atoms with Crippen LogP contribution in [0.3, 0.4) is 0 Å². The Kier molecular flexibility index (Phi) is 4.11. The average molecular weight is 263 g/mol. The molecule has 0 N–H and O–H groups in total. The van der Waals surface area contributed by atoms with Crippen molar-refractivity contribution in [3.05, 3.63) is 53.6 Å². The molecule has 0 aliphatic carbocycles. The molecule has 2 nitrogen and oxygen atoms in total. The number of ether oxygens (including phenoxy) is 2. The summed E-state index contributed by atoms with van der Waals surface area (Å²) >= 11 is 5.81. The van der Waals surface area contributed by atoms with Crippen LogP contribution >= 0.6 is 11.6 Å². The summed E-state index contributed by atoms with van der Waals surface area (Å²) in [5, 5.41) is 0.697. The summed E-state index contributed by atoms with van der Waals surface area (Å²) in [6, 6.07) is 14.8. The van der Waals surface area contributed by atoms with Crippen molar-refractivity contribution in [3.8, 4) is 17.2 Å². The largest absolute Gasteiger partial charge is 0.491 e. The van der Waals surface area contributed by atoms with E-state index in [-0.39, 0.29) is 6.10 Å². The molecule has 0 saturated carbocycles. The van der Waals surface area contributed by atoms with Gasteiger partial charge < -0.3 is 9.47 Å². The number of rotatable bonds is 4. The van der Waals surface area contributed by atoms with E-state index in [0.29, 0.717) is 5.02 Å². The lowest BCUT2D eigenvalue weighted by Crippen LogP contribution is -2.05. The van der Waals surface area contributed by atoms with Crippen molar-refractivity contribution in [2.75, 3.05) is 0 Å². The lowest BCUT2D eigenvalue weighted by Gasteiger charge is -2.10. The van der Waals surface area contributed by atoms with Gasteiger partial charge in [0, 0.05) is 5.02 Å². The number of benzene rings is 2. The molecule has 0 unspecified atom stereocenters. The van der Waals surface area contributed by atoms with E-state index in [4.69, 9.17) is 21.1 Å². The smallest absolute Gasteiger partial charge is 0.127 e. The zero-order valence-corrected chi connectivity index (χ0v) is 11.1. The van der Waals surface area contributed by atoms with Crippen molar-refractivity contribution < 1.29 is 9.47 Å². The topological polar surface area (TPSA) is 18.5 Å². The quantitative estimate of drug-likeness (QED) is 0.779. The highest BCUT2D eigenvalue weighted by molar-refractivity contribution is 6.30. The van der Waals surface area contributed by atoms with Crippen LogP contribution in [0.25, 0.3) is 0 Å². The van der Waals surface area contributed by atoms with Gasteiger partial charge >= 0.3 is 0 Å². The summed E-state index contributed by atoms with van der Waals surface area (Å²) in [4.78, 5) is 0. The van der Waals surface area contributed by atoms with Gasteiger partial charge in [-0.15, -0.1) is 0 Å². The van der Waals surface area contributed by atoms with Gasteiger partial charge in [-0.05, 0) is 62.4 Å². The van der Waals surface area contributed by atoms with E-state index in [1.54, 1.807) is 12.1 Å². The molecule has 2 rings (SSSR count). The highest BCUT2D eigenvalue weighted by Gasteiger charge is 2.00. The Morgan fingerprint density at radius 2 is 1.22 bits per heavy atom. The van der Waals surface area contributed by atoms with E-state index in [0.717, 1.165) is 17.2 Å². The highest BCUT2D eigenvalue weighted by Crippen LogP contribution is 2.25. The Balaban J connectivity index is 2.04. The molecule has 3 heteroatoms. The minimum absolute atomic E-state index is 0.174.